The molecule has 4 aromatic carbocycles. The van der Waals surface area contributed by atoms with Gasteiger partial charge < -0.3 is 61.9 Å². The molecule has 21 heteroatoms. The van der Waals surface area contributed by atoms with Gasteiger partial charge in [-0.1, -0.05) is 113 Å². The van der Waals surface area contributed by atoms with E-state index in [1.807, 2.05) is 13.8 Å². The number of benzene rings is 4. The van der Waals surface area contributed by atoms with Gasteiger partial charge in [-0.3, -0.25) is 14.5 Å². The molecular formula is C66H77NO20. The van der Waals surface area contributed by atoms with Crippen molar-refractivity contribution in [3.8, 4) is 11.5 Å². The number of fused-ring (bicyclic) bond motifs is 5. The Labute approximate surface area is 505 Å². The van der Waals surface area contributed by atoms with Crippen LogP contribution in [0.15, 0.2) is 121 Å². The number of aliphatic hydroxyl groups is 1. The second-order valence-corrected chi connectivity index (χ2v) is 25.0. The van der Waals surface area contributed by atoms with Crippen molar-refractivity contribution in [2.75, 3.05) is 20.8 Å². The molecule has 2 aliphatic heterocycles. The lowest BCUT2D eigenvalue weighted by molar-refractivity contribution is -0.345. The van der Waals surface area contributed by atoms with Gasteiger partial charge in [-0.15, -0.1) is 0 Å². The van der Waals surface area contributed by atoms with Gasteiger partial charge in [0.1, 0.15) is 60.3 Å². The summed E-state index contributed by atoms with van der Waals surface area (Å²) in [6, 6.07) is 29.1. The van der Waals surface area contributed by atoms with Crippen molar-refractivity contribution in [3.63, 3.8) is 0 Å². The molecule has 4 fully saturated rings. The van der Waals surface area contributed by atoms with Crippen LogP contribution in [-0.4, -0.2) is 126 Å². The average molecular weight is 1200 g/mol. The number of hydrogen-bond acceptors (Lipinski definition) is 20. The fraction of sp³-hybridized carbons (Fsp3) is 0.500. The summed E-state index contributed by atoms with van der Waals surface area (Å²) < 4.78 is 73.7. The van der Waals surface area contributed by atoms with Crippen molar-refractivity contribution >= 4 is 42.1 Å². The van der Waals surface area contributed by atoms with Crippen molar-refractivity contribution in [3.05, 3.63) is 143 Å². The maximum Gasteiger partial charge on any atom is 0.514 e. The van der Waals surface area contributed by atoms with E-state index in [0.29, 0.717) is 22.4 Å². The first-order chi connectivity index (χ1) is 41.2. The summed E-state index contributed by atoms with van der Waals surface area (Å²) in [6.07, 6.45) is -13.3. The molecule has 21 nitrogen and oxygen atoms in total. The summed E-state index contributed by atoms with van der Waals surface area (Å²) in [5.41, 5.74) is -8.24. The second kappa shape index (κ2) is 25.0. The maximum absolute atomic E-state index is 16.8. The van der Waals surface area contributed by atoms with E-state index in [-0.39, 0.29) is 48.9 Å². The molecule has 2 saturated carbocycles. The summed E-state index contributed by atoms with van der Waals surface area (Å²) in [7, 11) is 2.92. The van der Waals surface area contributed by atoms with E-state index in [2.05, 4.69) is 0 Å². The number of Topliss-reactive ketones (excluding diaryl/α,β-unsaturated/α-hetero) is 1. The molecule has 9 rings (SSSR count). The van der Waals surface area contributed by atoms with Gasteiger partial charge in [-0.25, -0.2) is 24.0 Å². The van der Waals surface area contributed by atoms with Crippen molar-refractivity contribution < 1.29 is 95.5 Å². The Morgan fingerprint density at radius 2 is 1.40 bits per heavy atom. The Morgan fingerprint density at radius 3 is 1.95 bits per heavy atom. The highest BCUT2D eigenvalue weighted by molar-refractivity contribution is 6.02. The first-order valence-electron chi connectivity index (χ1n) is 29.1. The van der Waals surface area contributed by atoms with Crippen LogP contribution in [0, 0.1) is 28.6 Å². The Bertz CT molecular complexity index is 3250. The molecule has 12 atom stereocenters. The van der Waals surface area contributed by atoms with E-state index >= 15 is 9.59 Å². The maximum atomic E-state index is 16.8. The van der Waals surface area contributed by atoms with Crippen molar-refractivity contribution in [1.29, 1.82) is 0 Å². The number of esters is 3. The van der Waals surface area contributed by atoms with Crippen LogP contribution in [0.25, 0.3) is 0 Å². The van der Waals surface area contributed by atoms with E-state index in [1.165, 1.54) is 38.2 Å². The fourth-order valence-corrected chi connectivity index (χ4v) is 13.3. The topological polar surface area (TPSA) is 254 Å². The van der Waals surface area contributed by atoms with E-state index in [4.69, 9.17) is 56.8 Å². The Morgan fingerprint density at radius 1 is 0.793 bits per heavy atom. The summed E-state index contributed by atoms with van der Waals surface area (Å²) in [4.78, 5) is 106. The van der Waals surface area contributed by atoms with Crippen LogP contribution in [0.1, 0.15) is 122 Å². The Balaban J connectivity index is 1.23. The number of allylic oxidation sites excluding steroid dienone is 1. The fourth-order valence-electron chi connectivity index (χ4n) is 13.3. The standard InChI is InChI=1S/C66H77NO20/c1-37(2)30-45-51(83-56(67(45)59(72)87-62(5,6)7)44-29-28-43(76-11)31-46(44)77-12)58(71)81-47-33-66(75)55(85-57(70)42-26-20-15-21-27-42)53-64(10,54(69)52(50(38(47)3)63(66,8)9)84-61(74)79-35-41-24-18-14-19-25-41)48(32-49-65(53,36-80-49)86-39(4)68)82-60(73)78-34-40-22-16-13-17-23-40/h13-29,31,37-38,45,47-49,51,53,55-56,75H,30,32-36H2,1-12H3/t38?,45-,47-,48-,49+,51+,53?,55-,56?,64+,65-,66+/m0/s1. The number of ether oxygens (including phenoxy) is 12. The Hall–Kier alpha value is -8.01. The quantitative estimate of drug-likeness (QED) is 0.0808. The van der Waals surface area contributed by atoms with E-state index < -0.39 is 143 Å². The van der Waals surface area contributed by atoms with E-state index in [9.17, 15) is 29.1 Å². The first-order valence-corrected chi connectivity index (χ1v) is 29.1. The predicted molar refractivity (Wildman–Crippen MR) is 308 cm³/mol. The average Bonchev–Trinajstić information content (AvgIpc) is 1.03. The van der Waals surface area contributed by atoms with E-state index in [1.54, 1.807) is 139 Å². The third-order valence-electron chi connectivity index (χ3n) is 17.5. The lowest BCUT2D eigenvalue weighted by Crippen LogP contribution is -2.81. The molecule has 2 saturated heterocycles. The third kappa shape index (κ3) is 12.3. The lowest BCUT2D eigenvalue weighted by atomic mass is 9.45. The predicted octanol–water partition coefficient (Wildman–Crippen LogP) is 10.3. The number of rotatable bonds is 16. The minimum Gasteiger partial charge on any atom is -0.497 e. The third-order valence-corrected chi connectivity index (χ3v) is 17.5. The summed E-state index contributed by atoms with van der Waals surface area (Å²) in [6.45, 7) is 15.2. The zero-order chi connectivity index (χ0) is 63.0. The smallest absolute Gasteiger partial charge is 0.497 e. The molecule has 2 bridgehead atoms. The molecule has 2 heterocycles. The Kier molecular flexibility index (Phi) is 18.2. The monoisotopic (exact) mass is 1200 g/mol. The zero-order valence-electron chi connectivity index (χ0n) is 51.1. The number of ketones is 1. The molecule has 3 unspecified atom stereocenters. The van der Waals surface area contributed by atoms with E-state index in [0.717, 1.165) is 6.92 Å². The van der Waals surface area contributed by atoms with Gasteiger partial charge in [0.15, 0.2) is 23.7 Å². The van der Waals surface area contributed by atoms with Crippen LogP contribution in [0.3, 0.4) is 0 Å². The van der Waals surface area contributed by atoms with Crippen LogP contribution < -0.4 is 9.47 Å². The molecule has 4 aromatic rings. The highest BCUT2D eigenvalue weighted by atomic mass is 16.7. The highest BCUT2D eigenvalue weighted by Gasteiger charge is 2.79. The normalized spacial score (nSPS) is 28.9. The molecular weight excluding hydrogens is 1130 g/mol. The molecule has 5 aliphatic rings. The molecule has 3 aliphatic carbocycles. The largest absolute Gasteiger partial charge is 0.514 e. The van der Waals surface area contributed by atoms with Crippen LogP contribution in [0.2, 0.25) is 0 Å². The molecule has 0 spiro atoms. The van der Waals surface area contributed by atoms with Crippen LogP contribution >= 0.6 is 0 Å². The first kappa shape index (κ1) is 63.5. The van der Waals surface area contributed by atoms with Crippen molar-refractivity contribution in [2.24, 2.45) is 28.6 Å². The number of carbonyl (C=O) groups is 7. The molecule has 1 amide bonds. The van der Waals surface area contributed by atoms with Crippen molar-refractivity contribution in [2.45, 2.75) is 161 Å². The number of amides is 1. The summed E-state index contributed by atoms with van der Waals surface area (Å²) in [5, 5.41) is 14.5. The van der Waals surface area contributed by atoms with Gasteiger partial charge in [0.2, 0.25) is 5.78 Å². The SMILES string of the molecule is COc1ccc(C2O[C@@H](C(=O)O[C@H]3C[C@@]4(O)[C@@H](OC(=O)c5ccccc5)C5[C@](C)(C(=O)C(OC(=O)OCc6ccccc6)=C(C3C)C4(C)C)[C@@H](OC(=O)OCc3ccccc3)C[C@H]3OC[C@@]53OC(C)=O)[C@H](CC(C)C)N2C(=O)OC(C)(C)C)c(OC)c1. The van der Waals surface area contributed by atoms with Gasteiger partial charge in [0.05, 0.1) is 43.8 Å². The van der Waals surface area contributed by atoms with Crippen LogP contribution in [0.5, 0.6) is 11.5 Å². The molecule has 466 valence electrons. The molecule has 0 radical (unpaired) electrons. The summed E-state index contributed by atoms with van der Waals surface area (Å²) >= 11 is 0. The minimum absolute atomic E-state index is 0.0188. The lowest BCUT2D eigenvalue weighted by Gasteiger charge is -2.67. The number of carbonyl (C=O) groups excluding carboxylic acids is 7. The second-order valence-electron chi connectivity index (χ2n) is 25.0. The molecule has 1 N–H and O–H groups in total. The van der Waals surface area contributed by atoms with Gasteiger partial charge in [-0.05, 0) is 81.0 Å². The zero-order valence-corrected chi connectivity index (χ0v) is 51.1. The van der Waals surface area contributed by atoms with Gasteiger partial charge in [0, 0.05) is 42.7 Å². The highest BCUT2D eigenvalue weighted by Crippen LogP contribution is 2.66. The van der Waals surface area contributed by atoms with Crippen LogP contribution in [-0.2, 0) is 75.0 Å². The molecule has 0 aromatic heterocycles. The number of methoxy groups -OCH3 is 2. The summed E-state index contributed by atoms with van der Waals surface area (Å²) in [5.74, 6) is -6.97. The van der Waals surface area contributed by atoms with Crippen LogP contribution in [0.4, 0.5) is 14.4 Å². The van der Waals surface area contributed by atoms with Gasteiger partial charge in [0.25, 0.3) is 0 Å². The molecule has 87 heavy (non-hydrogen) atoms. The minimum atomic E-state index is -2.56. The number of nitrogens with zero attached hydrogens (tertiary/aromatic N) is 1. The van der Waals surface area contributed by atoms with Gasteiger partial charge in [-0.2, -0.15) is 0 Å². The number of hydrogen-bond donors (Lipinski definition) is 1. The van der Waals surface area contributed by atoms with Gasteiger partial charge >= 0.3 is 36.3 Å². The van der Waals surface area contributed by atoms with Crippen molar-refractivity contribution in [1.82, 2.24) is 4.90 Å².